The number of rotatable bonds is 6. The summed E-state index contributed by atoms with van der Waals surface area (Å²) in [5.41, 5.74) is 1.87. The van der Waals surface area contributed by atoms with Crippen LogP contribution in [-0.2, 0) is 17.6 Å². The van der Waals surface area contributed by atoms with Crippen LogP contribution in [0.4, 0.5) is 36.4 Å². The van der Waals surface area contributed by atoms with Gasteiger partial charge >= 0.3 is 0 Å². The van der Waals surface area contributed by atoms with E-state index in [4.69, 9.17) is 0 Å². The first-order valence-corrected chi connectivity index (χ1v) is 11.5. The number of aromatic amines is 1. The van der Waals surface area contributed by atoms with Gasteiger partial charge in [0, 0.05) is 30.3 Å². The number of hydrogen-bond acceptors (Lipinski definition) is 7. The number of pyridine rings is 1. The van der Waals surface area contributed by atoms with Gasteiger partial charge in [-0.1, -0.05) is 13.8 Å². The van der Waals surface area contributed by atoms with Gasteiger partial charge in [0.1, 0.15) is 11.9 Å². The number of fused-ring (bicyclic) bond motifs is 1. The van der Waals surface area contributed by atoms with Gasteiger partial charge < -0.3 is 15.5 Å². The minimum absolute atomic E-state index is 0.207. The van der Waals surface area contributed by atoms with Gasteiger partial charge in [0.05, 0.1) is 24.0 Å². The third-order valence-corrected chi connectivity index (χ3v) is 6.22. The summed E-state index contributed by atoms with van der Waals surface area (Å²) in [7, 11) is 0. The number of nitrogens with zero attached hydrogens (tertiary/aromatic N) is 5. The van der Waals surface area contributed by atoms with Crippen molar-refractivity contribution in [1.82, 2.24) is 25.1 Å². The van der Waals surface area contributed by atoms with Crippen molar-refractivity contribution in [2.24, 2.45) is 0 Å². The highest BCUT2D eigenvalue weighted by Crippen LogP contribution is 2.39. The fourth-order valence-electron chi connectivity index (χ4n) is 4.42. The van der Waals surface area contributed by atoms with Gasteiger partial charge in [0.15, 0.2) is 5.82 Å². The third kappa shape index (κ3) is 4.77. The summed E-state index contributed by atoms with van der Waals surface area (Å²) < 4.78 is 41.7. The molecule has 9 nitrogen and oxygen atoms in total. The molecule has 0 radical (unpaired) electrons. The first kappa shape index (κ1) is 23.1. The Bertz CT molecular complexity index is 1240. The average Bonchev–Trinajstić information content (AvgIpc) is 3.52. The molecule has 4 heterocycles. The molecule has 184 valence electrons. The van der Waals surface area contributed by atoms with Crippen molar-refractivity contribution in [3.05, 3.63) is 47.3 Å². The molecule has 1 aliphatic carbocycles. The van der Waals surface area contributed by atoms with Crippen LogP contribution >= 0.6 is 0 Å². The van der Waals surface area contributed by atoms with Crippen molar-refractivity contribution in [3.63, 3.8) is 0 Å². The van der Waals surface area contributed by atoms with Gasteiger partial charge in [0.2, 0.25) is 17.8 Å². The van der Waals surface area contributed by atoms with Crippen molar-refractivity contribution >= 4 is 29.2 Å². The molecule has 12 heteroatoms. The number of nitrogens with one attached hydrogen (secondary N) is 3. The Kier molecular flexibility index (Phi) is 5.81. The van der Waals surface area contributed by atoms with Crippen molar-refractivity contribution < 1.29 is 18.0 Å². The number of H-pyrrole nitrogens is 1. The Morgan fingerprint density at radius 3 is 2.80 bits per heavy atom. The minimum Gasteiger partial charge on any atom is -0.329 e. The highest BCUT2D eigenvalue weighted by atomic mass is 19.3. The molecule has 1 aliphatic heterocycles. The zero-order valence-electron chi connectivity index (χ0n) is 19.3. The molecule has 0 saturated carbocycles. The van der Waals surface area contributed by atoms with Crippen molar-refractivity contribution in [1.29, 1.82) is 0 Å². The maximum absolute atomic E-state index is 14.3. The second kappa shape index (κ2) is 8.82. The molecule has 5 rings (SSSR count). The summed E-state index contributed by atoms with van der Waals surface area (Å²) in [6.07, 6.45) is 1.52. The Labute approximate surface area is 199 Å². The standard InChI is InChI=1S/C23H25F3N8O/c1-12(2)15-8-19(33-32-15)30-20-14-9-23(25,26)10-16(14)29-22(31-20)34-7-3-4-17(34)21(35)28-13-5-6-18(24)27-11-13/h5-6,8,11-12,17H,3-4,7,9-10H2,1-2H3,(H,28,35)(H2,29,30,31,32,33)/t17-/m1/s1. The van der Waals surface area contributed by atoms with E-state index in [1.807, 2.05) is 19.9 Å². The number of alkyl halides is 2. The van der Waals surface area contributed by atoms with Gasteiger partial charge in [-0.15, -0.1) is 0 Å². The van der Waals surface area contributed by atoms with Crippen LogP contribution in [0.3, 0.4) is 0 Å². The summed E-state index contributed by atoms with van der Waals surface area (Å²) in [6.45, 7) is 4.52. The Morgan fingerprint density at radius 1 is 1.26 bits per heavy atom. The number of amides is 1. The number of carbonyl (C=O) groups is 1. The van der Waals surface area contributed by atoms with Crippen molar-refractivity contribution in [2.45, 2.75) is 57.4 Å². The van der Waals surface area contributed by atoms with E-state index in [1.165, 1.54) is 12.3 Å². The molecule has 0 unspecified atom stereocenters. The van der Waals surface area contributed by atoms with E-state index in [0.29, 0.717) is 36.5 Å². The Hall–Kier alpha value is -3.70. The predicted molar refractivity (Wildman–Crippen MR) is 124 cm³/mol. The summed E-state index contributed by atoms with van der Waals surface area (Å²) >= 11 is 0. The lowest BCUT2D eigenvalue weighted by atomic mass is 10.1. The van der Waals surface area contributed by atoms with E-state index < -0.39 is 30.8 Å². The Balaban J connectivity index is 1.44. The molecular weight excluding hydrogens is 461 g/mol. The number of anilines is 4. The van der Waals surface area contributed by atoms with Gasteiger partial charge in [-0.2, -0.15) is 14.5 Å². The van der Waals surface area contributed by atoms with Crippen LogP contribution < -0.4 is 15.5 Å². The summed E-state index contributed by atoms with van der Waals surface area (Å²) in [4.78, 5) is 27.3. The van der Waals surface area contributed by atoms with Crippen molar-refractivity contribution in [2.75, 3.05) is 22.1 Å². The molecule has 1 atom stereocenters. The van der Waals surface area contributed by atoms with Gasteiger partial charge in [-0.05, 0) is 30.9 Å². The topological polar surface area (TPSA) is 112 Å². The lowest BCUT2D eigenvalue weighted by Gasteiger charge is -2.25. The number of hydrogen-bond donors (Lipinski definition) is 3. The zero-order chi connectivity index (χ0) is 24.7. The number of aromatic nitrogens is 5. The van der Waals surface area contributed by atoms with Crippen LogP contribution in [0.25, 0.3) is 0 Å². The van der Waals surface area contributed by atoms with Crippen LogP contribution in [0.2, 0.25) is 0 Å². The zero-order valence-corrected chi connectivity index (χ0v) is 19.3. The molecule has 0 aromatic carbocycles. The smallest absolute Gasteiger partial charge is 0.257 e. The highest BCUT2D eigenvalue weighted by Gasteiger charge is 2.42. The summed E-state index contributed by atoms with van der Waals surface area (Å²) in [6, 6.07) is 3.79. The average molecular weight is 487 g/mol. The summed E-state index contributed by atoms with van der Waals surface area (Å²) in [5, 5.41) is 13.0. The van der Waals surface area contributed by atoms with E-state index in [1.54, 1.807) is 4.90 Å². The molecule has 3 N–H and O–H groups in total. The summed E-state index contributed by atoms with van der Waals surface area (Å²) in [5.74, 6) is -2.74. The predicted octanol–water partition coefficient (Wildman–Crippen LogP) is 3.94. The van der Waals surface area contributed by atoms with Crippen LogP contribution in [0.15, 0.2) is 24.4 Å². The quantitative estimate of drug-likeness (QED) is 0.453. The second-order valence-corrected chi connectivity index (χ2v) is 9.21. The first-order chi connectivity index (χ1) is 16.7. The maximum atomic E-state index is 14.3. The molecule has 0 spiro atoms. The lowest BCUT2D eigenvalue weighted by molar-refractivity contribution is -0.117. The number of halogens is 3. The normalized spacial score (nSPS) is 18.7. The van der Waals surface area contributed by atoms with E-state index >= 15 is 0 Å². The van der Waals surface area contributed by atoms with Crippen molar-refractivity contribution in [3.8, 4) is 0 Å². The maximum Gasteiger partial charge on any atom is 0.257 e. The molecule has 2 aliphatic rings. The van der Waals surface area contributed by atoms with Gasteiger partial charge in [0.25, 0.3) is 5.92 Å². The van der Waals surface area contributed by atoms with Gasteiger partial charge in [-0.25, -0.2) is 18.7 Å². The molecule has 0 bridgehead atoms. The molecule has 35 heavy (non-hydrogen) atoms. The van der Waals surface area contributed by atoms with Gasteiger partial charge in [-0.3, -0.25) is 9.89 Å². The van der Waals surface area contributed by atoms with Crippen LogP contribution in [0, 0.1) is 5.95 Å². The largest absolute Gasteiger partial charge is 0.329 e. The highest BCUT2D eigenvalue weighted by molar-refractivity contribution is 5.96. The molecule has 3 aromatic heterocycles. The molecular formula is C23H25F3N8O. The van der Waals surface area contributed by atoms with Crippen LogP contribution in [0.5, 0.6) is 0 Å². The lowest BCUT2D eigenvalue weighted by Crippen LogP contribution is -2.40. The molecule has 1 amide bonds. The second-order valence-electron chi connectivity index (χ2n) is 9.21. The van der Waals surface area contributed by atoms with E-state index in [2.05, 4.69) is 35.8 Å². The Morgan fingerprint density at radius 2 is 2.09 bits per heavy atom. The third-order valence-electron chi connectivity index (χ3n) is 6.22. The fourth-order valence-corrected chi connectivity index (χ4v) is 4.42. The number of carbonyl (C=O) groups excluding carboxylic acids is 1. The monoisotopic (exact) mass is 486 g/mol. The van der Waals surface area contributed by atoms with E-state index in [9.17, 15) is 18.0 Å². The van der Waals surface area contributed by atoms with E-state index in [0.717, 1.165) is 11.8 Å². The first-order valence-electron chi connectivity index (χ1n) is 11.5. The molecule has 3 aromatic rings. The van der Waals surface area contributed by atoms with Crippen LogP contribution in [0.1, 0.15) is 49.6 Å². The van der Waals surface area contributed by atoms with Crippen LogP contribution in [-0.4, -0.2) is 49.6 Å². The minimum atomic E-state index is -2.92. The van der Waals surface area contributed by atoms with E-state index in [-0.39, 0.29) is 29.3 Å². The molecule has 1 saturated heterocycles. The SMILES string of the molecule is CC(C)c1cc(Nc2nc(N3CCC[C@@H]3C(=O)Nc3ccc(F)nc3)nc3c2CC(F)(F)C3)n[nH]1. The molecule has 1 fully saturated rings. The fraction of sp³-hybridized carbons (Fsp3) is 0.435.